The van der Waals surface area contributed by atoms with Gasteiger partial charge in [-0.2, -0.15) is 0 Å². The van der Waals surface area contributed by atoms with Crippen molar-refractivity contribution in [3.8, 4) is 0 Å². The van der Waals surface area contributed by atoms with Gasteiger partial charge >= 0.3 is 5.97 Å². The molecule has 2 aromatic carbocycles. The smallest absolute Gasteiger partial charge is 0.316 e. The summed E-state index contributed by atoms with van der Waals surface area (Å²) in [6, 6.07) is 16.2. The molecule has 0 aliphatic rings. The molecule has 0 fully saturated rings. The van der Waals surface area contributed by atoms with E-state index in [4.69, 9.17) is 4.74 Å². The monoisotopic (exact) mass is 422 g/mol. The molecule has 30 heavy (non-hydrogen) atoms. The summed E-state index contributed by atoms with van der Waals surface area (Å²) >= 11 is 1.28. The van der Waals surface area contributed by atoms with Gasteiger partial charge < -0.3 is 10.1 Å². The number of aryl methyl sites for hydroxylation is 1. The highest BCUT2D eigenvalue weighted by Crippen LogP contribution is 2.23. The number of aromatic nitrogens is 1. The Labute approximate surface area is 179 Å². The zero-order chi connectivity index (χ0) is 21.5. The van der Waals surface area contributed by atoms with Crippen LogP contribution in [0.15, 0.2) is 59.6 Å². The second-order valence-corrected chi connectivity index (χ2v) is 7.64. The van der Waals surface area contributed by atoms with Crippen LogP contribution in [0.5, 0.6) is 0 Å². The predicted molar refractivity (Wildman–Crippen MR) is 118 cm³/mol. The van der Waals surface area contributed by atoms with E-state index in [1.54, 1.807) is 31.2 Å². The van der Waals surface area contributed by atoms with E-state index in [0.717, 1.165) is 21.5 Å². The van der Waals surface area contributed by atoms with Crippen LogP contribution in [0, 0.1) is 6.92 Å². The topological polar surface area (TPSA) is 85.4 Å². The molecule has 0 aliphatic heterocycles. The average Bonchev–Trinajstić information content (AvgIpc) is 2.76. The number of anilines is 1. The van der Waals surface area contributed by atoms with Gasteiger partial charge in [0.25, 0.3) is 0 Å². The minimum absolute atomic E-state index is 0.0695. The van der Waals surface area contributed by atoms with Crippen molar-refractivity contribution in [1.29, 1.82) is 0 Å². The Bertz CT molecular complexity index is 1080. The number of Topliss-reactive ketones (excluding diaryl/α,β-unsaturated/α-hetero) is 1. The quantitative estimate of drug-likeness (QED) is 0.329. The molecule has 0 atom stereocenters. The van der Waals surface area contributed by atoms with Crippen LogP contribution in [0.4, 0.5) is 5.69 Å². The first-order chi connectivity index (χ1) is 14.5. The molecule has 7 heteroatoms. The van der Waals surface area contributed by atoms with Crippen LogP contribution < -0.4 is 5.32 Å². The third-order valence-corrected chi connectivity index (χ3v) is 5.30. The molecule has 1 heterocycles. The number of para-hydroxylation sites is 1. The molecule has 1 amide bonds. The molecular formula is C23H22N2O4S. The number of thioether (sulfide) groups is 1. The van der Waals surface area contributed by atoms with Gasteiger partial charge in [-0.15, -0.1) is 0 Å². The van der Waals surface area contributed by atoms with E-state index in [0.29, 0.717) is 17.7 Å². The largest absolute Gasteiger partial charge is 0.457 e. The Morgan fingerprint density at radius 2 is 1.80 bits per heavy atom. The van der Waals surface area contributed by atoms with Gasteiger partial charge in [-0.05, 0) is 48.9 Å². The van der Waals surface area contributed by atoms with Crippen LogP contribution in [0.3, 0.4) is 0 Å². The molecule has 3 rings (SSSR count). The van der Waals surface area contributed by atoms with Crippen molar-refractivity contribution in [3.63, 3.8) is 0 Å². The molecule has 1 N–H and O–H groups in total. The molecule has 6 nitrogen and oxygen atoms in total. The molecule has 0 spiro atoms. The Hall–Kier alpha value is -3.19. The fourth-order valence-electron chi connectivity index (χ4n) is 2.79. The van der Waals surface area contributed by atoms with Gasteiger partial charge in [0.05, 0.1) is 16.3 Å². The summed E-state index contributed by atoms with van der Waals surface area (Å²) in [5.41, 5.74) is 2.99. The van der Waals surface area contributed by atoms with Crippen molar-refractivity contribution >= 4 is 46.0 Å². The number of nitrogens with zero attached hydrogens (tertiary/aromatic N) is 1. The Balaban J connectivity index is 1.49. The van der Waals surface area contributed by atoms with E-state index < -0.39 is 5.97 Å². The SMILES string of the molecule is CCC(=O)Nc1ccc(C(=O)COC(=O)CSc2cc(C)c3ccccc3n2)cc1. The van der Waals surface area contributed by atoms with Gasteiger partial charge in [-0.25, -0.2) is 4.98 Å². The molecule has 0 bridgehead atoms. The molecule has 1 aromatic heterocycles. The van der Waals surface area contributed by atoms with Gasteiger partial charge in [0.15, 0.2) is 12.4 Å². The van der Waals surface area contributed by atoms with Crippen LogP contribution in [-0.2, 0) is 14.3 Å². The highest BCUT2D eigenvalue weighted by molar-refractivity contribution is 7.99. The predicted octanol–water partition coefficient (Wildman–Crippen LogP) is 4.41. The lowest BCUT2D eigenvalue weighted by Gasteiger charge is -2.07. The maximum atomic E-state index is 12.2. The van der Waals surface area contributed by atoms with E-state index in [2.05, 4.69) is 10.3 Å². The first kappa shape index (κ1) is 21.5. The van der Waals surface area contributed by atoms with Crippen LogP contribution in [0.25, 0.3) is 10.9 Å². The normalized spacial score (nSPS) is 10.6. The van der Waals surface area contributed by atoms with E-state index in [1.165, 1.54) is 11.8 Å². The summed E-state index contributed by atoms with van der Waals surface area (Å²) in [6.45, 7) is 3.44. The summed E-state index contributed by atoms with van der Waals surface area (Å²) < 4.78 is 5.10. The molecule has 0 unspecified atom stereocenters. The van der Waals surface area contributed by atoms with E-state index in [1.807, 2.05) is 37.3 Å². The zero-order valence-electron chi connectivity index (χ0n) is 16.8. The number of ketones is 1. The van der Waals surface area contributed by atoms with Crippen molar-refractivity contribution in [3.05, 3.63) is 65.7 Å². The first-order valence-electron chi connectivity index (χ1n) is 9.54. The van der Waals surface area contributed by atoms with Crippen LogP contribution in [0.1, 0.15) is 29.3 Å². The molecular weight excluding hydrogens is 400 g/mol. The number of hydrogen-bond acceptors (Lipinski definition) is 6. The van der Waals surface area contributed by atoms with E-state index in [9.17, 15) is 14.4 Å². The second-order valence-electron chi connectivity index (χ2n) is 6.65. The maximum absolute atomic E-state index is 12.2. The summed E-state index contributed by atoms with van der Waals surface area (Å²) in [6.07, 6.45) is 0.378. The van der Waals surface area contributed by atoms with Crippen molar-refractivity contribution in [2.45, 2.75) is 25.3 Å². The molecule has 0 saturated carbocycles. The number of amides is 1. The molecule has 154 valence electrons. The minimum atomic E-state index is -0.479. The van der Waals surface area contributed by atoms with Crippen molar-refractivity contribution in [1.82, 2.24) is 4.98 Å². The van der Waals surface area contributed by atoms with E-state index in [-0.39, 0.29) is 24.1 Å². The third kappa shape index (κ3) is 5.67. The summed E-state index contributed by atoms with van der Waals surface area (Å²) in [7, 11) is 0. The number of nitrogens with one attached hydrogen (secondary N) is 1. The number of pyridine rings is 1. The zero-order valence-corrected chi connectivity index (χ0v) is 17.6. The summed E-state index contributed by atoms with van der Waals surface area (Å²) in [5, 5.41) is 4.53. The number of carbonyl (C=O) groups excluding carboxylic acids is 3. The van der Waals surface area contributed by atoms with Crippen LogP contribution in [0.2, 0.25) is 0 Å². The number of rotatable bonds is 8. The fraction of sp³-hybridized carbons (Fsp3) is 0.217. The molecule has 0 aliphatic carbocycles. The van der Waals surface area contributed by atoms with Gasteiger partial charge in [-0.3, -0.25) is 14.4 Å². The number of benzene rings is 2. The number of fused-ring (bicyclic) bond motifs is 1. The number of esters is 1. The average molecular weight is 423 g/mol. The lowest BCUT2D eigenvalue weighted by atomic mass is 10.1. The number of ether oxygens (including phenoxy) is 1. The number of hydrogen-bond donors (Lipinski definition) is 1. The Morgan fingerprint density at radius 3 is 2.53 bits per heavy atom. The highest BCUT2D eigenvalue weighted by atomic mass is 32.2. The van der Waals surface area contributed by atoms with Gasteiger partial charge in [-0.1, -0.05) is 36.9 Å². The fourth-order valence-corrected chi connectivity index (χ4v) is 3.56. The summed E-state index contributed by atoms with van der Waals surface area (Å²) in [4.78, 5) is 40.2. The highest BCUT2D eigenvalue weighted by Gasteiger charge is 2.12. The Morgan fingerprint density at radius 1 is 1.07 bits per heavy atom. The molecule has 0 saturated heterocycles. The van der Waals surface area contributed by atoms with Gasteiger partial charge in [0, 0.05) is 23.1 Å². The van der Waals surface area contributed by atoms with Crippen LogP contribution >= 0.6 is 11.8 Å². The van der Waals surface area contributed by atoms with Crippen molar-refractivity contribution in [2.75, 3.05) is 17.7 Å². The Kier molecular flexibility index (Phi) is 7.19. The summed E-state index contributed by atoms with van der Waals surface area (Å²) in [5.74, 6) is -0.814. The molecule has 0 radical (unpaired) electrons. The van der Waals surface area contributed by atoms with E-state index >= 15 is 0 Å². The van der Waals surface area contributed by atoms with Gasteiger partial charge in [0.1, 0.15) is 0 Å². The molecule has 3 aromatic rings. The van der Waals surface area contributed by atoms with Crippen molar-refractivity contribution in [2.24, 2.45) is 0 Å². The van der Waals surface area contributed by atoms with Gasteiger partial charge in [0.2, 0.25) is 5.91 Å². The third-order valence-electron chi connectivity index (χ3n) is 4.41. The standard InChI is InChI=1S/C23H22N2O4S/c1-3-21(27)24-17-10-8-16(9-11-17)20(26)13-29-23(28)14-30-22-12-15(2)18-6-4-5-7-19(18)25-22/h4-12H,3,13-14H2,1-2H3,(H,24,27). The van der Waals surface area contributed by atoms with Crippen LogP contribution in [-0.4, -0.2) is 35.0 Å². The maximum Gasteiger partial charge on any atom is 0.316 e. The lowest BCUT2D eigenvalue weighted by Crippen LogP contribution is -2.16. The first-order valence-corrected chi connectivity index (χ1v) is 10.5. The lowest BCUT2D eigenvalue weighted by molar-refractivity contribution is -0.139. The van der Waals surface area contributed by atoms with Crippen molar-refractivity contribution < 1.29 is 19.1 Å². The second kappa shape index (κ2) is 10.0. The minimum Gasteiger partial charge on any atom is -0.457 e. The number of carbonyl (C=O) groups is 3.